The predicted molar refractivity (Wildman–Crippen MR) is 91.6 cm³/mol. The first kappa shape index (κ1) is 18.2. The lowest BCUT2D eigenvalue weighted by Gasteiger charge is -2.08. The number of nitrogens with one attached hydrogen (secondary N) is 1. The van der Waals surface area contributed by atoms with Gasteiger partial charge in [0.25, 0.3) is 5.69 Å². The molecule has 1 N–H and O–H groups in total. The molecule has 8 nitrogen and oxygen atoms in total. The zero-order valence-electron chi connectivity index (χ0n) is 13.8. The number of nitro groups is 1. The van der Waals surface area contributed by atoms with Crippen LogP contribution in [-0.2, 0) is 9.53 Å². The van der Waals surface area contributed by atoms with Crippen LogP contribution in [-0.4, -0.2) is 35.6 Å². The van der Waals surface area contributed by atoms with Crippen molar-refractivity contribution in [1.82, 2.24) is 4.98 Å². The van der Waals surface area contributed by atoms with Crippen molar-refractivity contribution >= 4 is 17.5 Å². The second-order valence-electron chi connectivity index (χ2n) is 5.26. The van der Waals surface area contributed by atoms with Gasteiger partial charge in [-0.15, -0.1) is 0 Å². The van der Waals surface area contributed by atoms with Gasteiger partial charge in [0, 0.05) is 12.6 Å². The number of benzene rings is 1. The molecule has 2 aromatic rings. The van der Waals surface area contributed by atoms with Gasteiger partial charge in [-0.1, -0.05) is 17.7 Å². The molecule has 0 aliphatic heterocycles. The van der Waals surface area contributed by atoms with E-state index in [-0.39, 0.29) is 18.9 Å². The Balaban J connectivity index is 1.58. The fourth-order valence-electron chi connectivity index (χ4n) is 1.89. The summed E-state index contributed by atoms with van der Waals surface area (Å²) in [7, 11) is 0. The fraction of sp³-hybridized carbons (Fsp3) is 0.294. The van der Waals surface area contributed by atoms with Crippen molar-refractivity contribution < 1.29 is 19.2 Å². The summed E-state index contributed by atoms with van der Waals surface area (Å²) in [4.78, 5) is 25.5. The van der Waals surface area contributed by atoms with Crippen molar-refractivity contribution in [3.63, 3.8) is 0 Å². The fourth-order valence-corrected chi connectivity index (χ4v) is 1.89. The first-order valence-electron chi connectivity index (χ1n) is 7.74. The zero-order chi connectivity index (χ0) is 18.1. The average molecular weight is 345 g/mol. The van der Waals surface area contributed by atoms with Gasteiger partial charge in [-0.05, 0) is 31.5 Å². The highest BCUT2D eigenvalue weighted by Crippen LogP contribution is 2.12. The van der Waals surface area contributed by atoms with E-state index in [1.54, 1.807) is 12.1 Å². The summed E-state index contributed by atoms with van der Waals surface area (Å²) in [6.45, 7) is 2.60. The molecule has 0 saturated carbocycles. The maximum Gasteiger partial charge on any atom is 0.344 e. The van der Waals surface area contributed by atoms with Gasteiger partial charge in [-0.2, -0.15) is 0 Å². The largest absolute Gasteiger partial charge is 0.482 e. The normalized spacial score (nSPS) is 10.1. The number of rotatable bonds is 9. The lowest BCUT2D eigenvalue weighted by molar-refractivity contribution is -0.385. The monoisotopic (exact) mass is 345 g/mol. The molecule has 0 unspecified atom stereocenters. The number of nitrogens with zero attached hydrogens (tertiary/aromatic N) is 2. The van der Waals surface area contributed by atoms with Gasteiger partial charge in [-0.25, -0.2) is 9.78 Å². The summed E-state index contributed by atoms with van der Waals surface area (Å²) in [6, 6.07) is 10.3. The minimum Gasteiger partial charge on any atom is -0.482 e. The van der Waals surface area contributed by atoms with Gasteiger partial charge >= 0.3 is 5.97 Å². The summed E-state index contributed by atoms with van der Waals surface area (Å²) in [5.41, 5.74) is 1.05. The van der Waals surface area contributed by atoms with Crippen LogP contribution in [0.4, 0.5) is 11.5 Å². The molecule has 0 aliphatic carbocycles. The van der Waals surface area contributed by atoms with E-state index >= 15 is 0 Å². The van der Waals surface area contributed by atoms with Crippen LogP contribution in [0.1, 0.15) is 12.0 Å². The molecule has 1 aromatic carbocycles. The Morgan fingerprint density at radius 1 is 1.24 bits per heavy atom. The van der Waals surface area contributed by atoms with Crippen molar-refractivity contribution in [2.75, 3.05) is 25.1 Å². The third-order valence-corrected chi connectivity index (χ3v) is 3.23. The quantitative estimate of drug-likeness (QED) is 0.322. The van der Waals surface area contributed by atoms with E-state index in [1.807, 2.05) is 19.1 Å². The van der Waals surface area contributed by atoms with Crippen molar-refractivity contribution in [2.45, 2.75) is 13.3 Å². The van der Waals surface area contributed by atoms with Crippen molar-refractivity contribution in [3.05, 3.63) is 58.3 Å². The highest BCUT2D eigenvalue weighted by molar-refractivity contribution is 5.71. The van der Waals surface area contributed by atoms with Crippen LogP contribution < -0.4 is 10.1 Å². The lowest BCUT2D eigenvalue weighted by atomic mass is 10.2. The highest BCUT2D eigenvalue weighted by atomic mass is 16.6. The van der Waals surface area contributed by atoms with Crippen LogP contribution in [0.15, 0.2) is 42.6 Å². The molecular formula is C17H19N3O5. The van der Waals surface area contributed by atoms with Gasteiger partial charge in [-0.3, -0.25) is 10.1 Å². The highest BCUT2D eigenvalue weighted by Gasteiger charge is 2.06. The SMILES string of the molecule is Cc1ccc(OCC(=O)OCCCNc2ccc([N+](=O)[O-])cn2)cc1. The molecule has 132 valence electrons. The van der Waals surface area contributed by atoms with E-state index in [9.17, 15) is 14.9 Å². The van der Waals surface area contributed by atoms with E-state index < -0.39 is 10.9 Å². The van der Waals surface area contributed by atoms with Crippen LogP contribution in [0.2, 0.25) is 0 Å². The Kier molecular flexibility index (Phi) is 6.70. The summed E-state index contributed by atoms with van der Waals surface area (Å²) in [5, 5.41) is 13.5. The Bertz CT molecular complexity index is 701. The van der Waals surface area contributed by atoms with Crippen LogP contribution >= 0.6 is 0 Å². The van der Waals surface area contributed by atoms with Crippen molar-refractivity contribution in [3.8, 4) is 5.75 Å². The summed E-state index contributed by atoms with van der Waals surface area (Å²) >= 11 is 0. The number of pyridine rings is 1. The first-order valence-corrected chi connectivity index (χ1v) is 7.74. The van der Waals surface area contributed by atoms with Crippen molar-refractivity contribution in [2.24, 2.45) is 0 Å². The van der Waals surface area contributed by atoms with E-state index in [0.29, 0.717) is 24.5 Å². The number of anilines is 1. The maximum atomic E-state index is 11.6. The molecule has 0 saturated heterocycles. The molecule has 0 spiro atoms. The number of aromatic nitrogens is 1. The molecule has 1 heterocycles. The minimum absolute atomic E-state index is 0.0620. The average Bonchev–Trinajstić information content (AvgIpc) is 2.61. The number of aryl methyl sites for hydroxylation is 1. The molecule has 0 fully saturated rings. The Labute approximate surface area is 144 Å². The van der Waals surface area contributed by atoms with Crippen LogP contribution in [0.5, 0.6) is 5.75 Å². The molecule has 2 rings (SSSR count). The molecule has 8 heteroatoms. The van der Waals surface area contributed by atoms with Gasteiger partial charge in [0.15, 0.2) is 6.61 Å². The molecule has 25 heavy (non-hydrogen) atoms. The standard InChI is InChI=1S/C17H19N3O5/c1-13-3-6-15(7-4-13)25-12-17(21)24-10-2-9-18-16-8-5-14(11-19-16)20(22)23/h3-8,11H,2,9-10,12H2,1H3,(H,18,19). The Hall–Kier alpha value is -3.16. The molecule has 0 bridgehead atoms. The van der Waals surface area contributed by atoms with Gasteiger partial charge < -0.3 is 14.8 Å². The van der Waals surface area contributed by atoms with E-state index in [0.717, 1.165) is 5.56 Å². The molecular weight excluding hydrogens is 326 g/mol. The molecule has 0 atom stereocenters. The second kappa shape index (κ2) is 9.21. The van der Waals surface area contributed by atoms with Crippen LogP contribution in [0, 0.1) is 17.0 Å². The molecule has 0 aliphatic rings. The third kappa shape index (κ3) is 6.46. The summed E-state index contributed by atoms with van der Waals surface area (Å²) in [5.74, 6) is 0.710. The maximum absolute atomic E-state index is 11.6. The topological polar surface area (TPSA) is 104 Å². The number of hydrogen-bond acceptors (Lipinski definition) is 7. The number of ether oxygens (including phenoxy) is 2. The minimum atomic E-state index is -0.505. The number of hydrogen-bond donors (Lipinski definition) is 1. The van der Waals surface area contributed by atoms with Crippen molar-refractivity contribution in [1.29, 1.82) is 0 Å². The molecule has 0 radical (unpaired) electrons. The van der Waals surface area contributed by atoms with Gasteiger partial charge in [0.05, 0.1) is 11.5 Å². The number of carbonyl (C=O) groups excluding carboxylic acids is 1. The second-order valence-corrected chi connectivity index (χ2v) is 5.26. The van der Waals surface area contributed by atoms with Gasteiger partial charge in [0.2, 0.25) is 0 Å². The summed E-state index contributed by atoms with van der Waals surface area (Å²) in [6.07, 6.45) is 1.76. The van der Waals surface area contributed by atoms with E-state index in [2.05, 4.69) is 10.3 Å². The lowest BCUT2D eigenvalue weighted by Crippen LogP contribution is -2.17. The Morgan fingerprint density at radius 2 is 2.00 bits per heavy atom. The number of carbonyl (C=O) groups is 1. The smallest absolute Gasteiger partial charge is 0.344 e. The summed E-state index contributed by atoms with van der Waals surface area (Å²) < 4.78 is 10.4. The van der Waals surface area contributed by atoms with Gasteiger partial charge in [0.1, 0.15) is 17.8 Å². The Morgan fingerprint density at radius 3 is 2.64 bits per heavy atom. The predicted octanol–water partition coefficient (Wildman–Crippen LogP) is 2.72. The van der Waals surface area contributed by atoms with E-state index in [1.165, 1.54) is 18.3 Å². The van der Waals surface area contributed by atoms with E-state index in [4.69, 9.17) is 9.47 Å². The van der Waals surface area contributed by atoms with Crippen LogP contribution in [0.25, 0.3) is 0 Å². The zero-order valence-corrected chi connectivity index (χ0v) is 13.8. The molecule has 0 amide bonds. The first-order chi connectivity index (χ1) is 12.0. The molecule has 1 aromatic heterocycles. The van der Waals surface area contributed by atoms with Crippen LogP contribution in [0.3, 0.4) is 0 Å². The number of esters is 1. The third-order valence-electron chi connectivity index (χ3n) is 3.23.